The molecule has 1 saturated heterocycles. The Labute approximate surface area is 140 Å². The number of pyridine rings is 1. The predicted octanol–water partition coefficient (Wildman–Crippen LogP) is 2.90. The Bertz CT molecular complexity index is 862. The lowest BCUT2D eigenvalue weighted by Crippen LogP contribution is -2.37. The van der Waals surface area contributed by atoms with E-state index in [1.807, 2.05) is 36.5 Å². The molecule has 5 heteroatoms. The summed E-state index contributed by atoms with van der Waals surface area (Å²) in [5.74, 6) is 0.843. The van der Waals surface area contributed by atoms with Crippen LogP contribution < -0.4 is 10.3 Å². The van der Waals surface area contributed by atoms with Gasteiger partial charge in [-0.1, -0.05) is 0 Å². The molecule has 0 radical (unpaired) electrons. The van der Waals surface area contributed by atoms with Crippen molar-refractivity contribution in [3.05, 3.63) is 64.8 Å². The van der Waals surface area contributed by atoms with Crippen molar-refractivity contribution in [2.24, 2.45) is 0 Å². The molecule has 124 valence electrons. The van der Waals surface area contributed by atoms with Gasteiger partial charge >= 0.3 is 0 Å². The number of aromatic nitrogens is 2. The molecule has 0 unspecified atom stereocenters. The molecule has 1 fully saturated rings. The second kappa shape index (κ2) is 6.53. The molecule has 1 aliphatic rings. The zero-order valence-corrected chi connectivity index (χ0v) is 13.5. The van der Waals surface area contributed by atoms with Gasteiger partial charge < -0.3 is 14.7 Å². The summed E-state index contributed by atoms with van der Waals surface area (Å²) in [6, 6.07) is 11.8. The summed E-state index contributed by atoms with van der Waals surface area (Å²) in [6.07, 6.45) is 5.93. The molecule has 0 saturated carbocycles. The largest absolute Gasteiger partial charge is 0.490 e. The lowest BCUT2D eigenvalue weighted by Gasteiger charge is -2.31. The third-order valence-corrected chi connectivity index (χ3v) is 4.64. The van der Waals surface area contributed by atoms with Gasteiger partial charge in [0.15, 0.2) is 0 Å². The SMILES string of the molecule is O=c1[nH]ccc2cc(OC3CCN(Cc4ccc[nH]4)CC3)ccc12. The second-order valence-electron chi connectivity index (χ2n) is 6.34. The molecular weight excluding hydrogens is 302 g/mol. The fraction of sp³-hybridized carbons (Fsp3) is 0.316. The standard InChI is InChI=1S/C19H21N3O2/c23-19-18-4-3-17(12-14(18)5-9-21-19)24-16-6-10-22(11-7-16)13-15-2-1-8-20-15/h1-5,8-9,12,16,20H,6-7,10-11,13H2,(H,21,23). The molecule has 24 heavy (non-hydrogen) atoms. The van der Waals surface area contributed by atoms with Crippen molar-refractivity contribution in [3.8, 4) is 5.75 Å². The highest BCUT2D eigenvalue weighted by Gasteiger charge is 2.20. The van der Waals surface area contributed by atoms with Gasteiger partial charge in [0.05, 0.1) is 0 Å². The first-order valence-corrected chi connectivity index (χ1v) is 8.41. The number of piperidine rings is 1. The first kappa shape index (κ1) is 15.0. The maximum absolute atomic E-state index is 11.7. The molecule has 3 heterocycles. The van der Waals surface area contributed by atoms with E-state index < -0.39 is 0 Å². The average Bonchev–Trinajstić information content (AvgIpc) is 3.10. The summed E-state index contributed by atoms with van der Waals surface area (Å²) in [5.41, 5.74) is 1.20. The number of ether oxygens (including phenoxy) is 1. The Hall–Kier alpha value is -2.53. The number of nitrogens with one attached hydrogen (secondary N) is 2. The van der Waals surface area contributed by atoms with Crippen LogP contribution in [0.5, 0.6) is 5.75 Å². The van der Waals surface area contributed by atoms with Gasteiger partial charge in [0.1, 0.15) is 11.9 Å². The summed E-state index contributed by atoms with van der Waals surface area (Å²) >= 11 is 0. The van der Waals surface area contributed by atoms with Crippen molar-refractivity contribution in [1.82, 2.24) is 14.9 Å². The number of rotatable bonds is 4. The topological polar surface area (TPSA) is 61.1 Å². The number of likely N-dealkylation sites (tertiary alicyclic amines) is 1. The van der Waals surface area contributed by atoms with Crippen LogP contribution in [0.15, 0.2) is 53.6 Å². The molecule has 5 nitrogen and oxygen atoms in total. The van der Waals surface area contributed by atoms with Crippen LogP contribution in [0.25, 0.3) is 10.8 Å². The smallest absolute Gasteiger partial charge is 0.255 e. The third kappa shape index (κ3) is 3.21. The number of fused-ring (bicyclic) bond motifs is 1. The maximum atomic E-state index is 11.7. The van der Waals surface area contributed by atoms with E-state index in [9.17, 15) is 4.79 Å². The number of aromatic amines is 2. The highest BCUT2D eigenvalue weighted by atomic mass is 16.5. The van der Waals surface area contributed by atoms with Crippen molar-refractivity contribution in [2.75, 3.05) is 13.1 Å². The Morgan fingerprint density at radius 1 is 1.08 bits per heavy atom. The van der Waals surface area contributed by atoms with Gasteiger partial charge in [0, 0.05) is 43.1 Å². The van der Waals surface area contributed by atoms with Crippen molar-refractivity contribution >= 4 is 10.8 Å². The van der Waals surface area contributed by atoms with Gasteiger partial charge in [-0.2, -0.15) is 0 Å². The monoisotopic (exact) mass is 323 g/mol. The Morgan fingerprint density at radius 2 is 1.96 bits per heavy atom. The third-order valence-electron chi connectivity index (χ3n) is 4.64. The minimum Gasteiger partial charge on any atom is -0.490 e. The Kier molecular flexibility index (Phi) is 4.09. The molecule has 4 rings (SSSR count). The second-order valence-corrected chi connectivity index (χ2v) is 6.34. The quantitative estimate of drug-likeness (QED) is 0.776. The molecule has 3 aromatic rings. The molecule has 2 N–H and O–H groups in total. The van der Waals surface area contributed by atoms with E-state index in [4.69, 9.17) is 4.74 Å². The normalized spacial score (nSPS) is 16.5. The fourth-order valence-electron chi connectivity index (χ4n) is 3.33. The lowest BCUT2D eigenvalue weighted by molar-refractivity contribution is 0.0963. The van der Waals surface area contributed by atoms with Crippen LogP contribution in [0.1, 0.15) is 18.5 Å². The number of H-pyrrole nitrogens is 2. The van der Waals surface area contributed by atoms with E-state index in [0.717, 1.165) is 43.6 Å². The van der Waals surface area contributed by atoms with E-state index in [0.29, 0.717) is 5.39 Å². The first-order chi connectivity index (χ1) is 11.8. The molecular formula is C19H21N3O2. The van der Waals surface area contributed by atoms with Gasteiger partial charge in [-0.15, -0.1) is 0 Å². The van der Waals surface area contributed by atoms with E-state index in [1.54, 1.807) is 6.20 Å². The minimum absolute atomic E-state index is 0.0586. The van der Waals surface area contributed by atoms with Crippen LogP contribution in [-0.4, -0.2) is 34.1 Å². The van der Waals surface area contributed by atoms with E-state index in [2.05, 4.69) is 20.9 Å². The van der Waals surface area contributed by atoms with Crippen LogP contribution in [0.4, 0.5) is 0 Å². The average molecular weight is 323 g/mol. The summed E-state index contributed by atoms with van der Waals surface area (Å²) < 4.78 is 6.14. The fourth-order valence-corrected chi connectivity index (χ4v) is 3.33. The van der Waals surface area contributed by atoms with Crippen LogP contribution >= 0.6 is 0 Å². The summed E-state index contributed by atoms with van der Waals surface area (Å²) in [6.45, 7) is 3.05. The zero-order chi connectivity index (χ0) is 16.4. The first-order valence-electron chi connectivity index (χ1n) is 8.41. The van der Waals surface area contributed by atoms with E-state index in [-0.39, 0.29) is 11.7 Å². The zero-order valence-electron chi connectivity index (χ0n) is 13.5. The van der Waals surface area contributed by atoms with Crippen LogP contribution in [0, 0.1) is 0 Å². The summed E-state index contributed by atoms with van der Waals surface area (Å²) in [7, 11) is 0. The number of hydrogen-bond acceptors (Lipinski definition) is 3. The summed E-state index contributed by atoms with van der Waals surface area (Å²) in [4.78, 5) is 20.1. The molecule has 2 aromatic heterocycles. The van der Waals surface area contributed by atoms with Gasteiger partial charge in [-0.05, 0) is 54.6 Å². The van der Waals surface area contributed by atoms with Crippen molar-refractivity contribution in [3.63, 3.8) is 0 Å². The molecule has 1 aliphatic heterocycles. The van der Waals surface area contributed by atoms with Gasteiger partial charge in [0.2, 0.25) is 0 Å². The van der Waals surface area contributed by atoms with E-state index in [1.165, 1.54) is 5.69 Å². The Balaban J connectivity index is 1.37. The summed E-state index contributed by atoms with van der Waals surface area (Å²) in [5, 5.41) is 1.62. The van der Waals surface area contributed by atoms with Crippen LogP contribution in [0.2, 0.25) is 0 Å². The number of benzene rings is 1. The van der Waals surface area contributed by atoms with Gasteiger partial charge in [-0.25, -0.2) is 0 Å². The van der Waals surface area contributed by atoms with Gasteiger partial charge in [0.25, 0.3) is 5.56 Å². The van der Waals surface area contributed by atoms with Crippen molar-refractivity contribution in [1.29, 1.82) is 0 Å². The molecule has 0 aliphatic carbocycles. The van der Waals surface area contributed by atoms with E-state index >= 15 is 0 Å². The lowest BCUT2D eigenvalue weighted by atomic mass is 10.1. The molecule has 1 aromatic carbocycles. The van der Waals surface area contributed by atoms with Crippen LogP contribution in [-0.2, 0) is 6.54 Å². The molecule has 0 spiro atoms. The highest BCUT2D eigenvalue weighted by Crippen LogP contribution is 2.23. The number of hydrogen-bond donors (Lipinski definition) is 2. The highest BCUT2D eigenvalue weighted by molar-refractivity contribution is 5.82. The molecule has 0 bridgehead atoms. The maximum Gasteiger partial charge on any atom is 0.255 e. The predicted molar refractivity (Wildman–Crippen MR) is 94.3 cm³/mol. The number of nitrogens with zero attached hydrogens (tertiary/aromatic N) is 1. The molecule has 0 atom stereocenters. The van der Waals surface area contributed by atoms with Crippen molar-refractivity contribution < 1.29 is 4.74 Å². The Morgan fingerprint density at radius 3 is 2.75 bits per heavy atom. The van der Waals surface area contributed by atoms with Crippen LogP contribution in [0.3, 0.4) is 0 Å². The van der Waals surface area contributed by atoms with Gasteiger partial charge in [-0.3, -0.25) is 9.69 Å². The molecule has 0 amide bonds. The minimum atomic E-state index is -0.0586. The van der Waals surface area contributed by atoms with Crippen molar-refractivity contribution in [2.45, 2.75) is 25.5 Å².